The molecule has 5 nitrogen and oxygen atoms in total. The summed E-state index contributed by atoms with van der Waals surface area (Å²) in [5.41, 5.74) is 1.33. The first-order valence-electron chi connectivity index (χ1n) is 9.48. The third kappa shape index (κ3) is 5.56. The molecule has 3 rings (SSSR count). The quantitative estimate of drug-likeness (QED) is 0.691. The number of benzene rings is 1. The Hall–Kier alpha value is -2.41. The molecule has 8 heteroatoms. The van der Waals surface area contributed by atoms with E-state index >= 15 is 0 Å². The van der Waals surface area contributed by atoms with Gasteiger partial charge in [-0.1, -0.05) is 17.7 Å². The molecule has 1 N–H and O–H groups in total. The van der Waals surface area contributed by atoms with E-state index < -0.39 is 23.3 Å². The average molecular weight is 424 g/mol. The van der Waals surface area contributed by atoms with Gasteiger partial charge in [-0.25, -0.2) is 18.6 Å². The summed E-state index contributed by atoms with van der Waals surface area (Å²) in [6.45, 7) is 6.71. The zero-order valence-electron chi connectivity index (χ0n) is 16.6. The molecule has 2 aromatic rings. The Morgan fingerprint density at radius 2 is 2.03 bits per heavy atom. The van der Waals surface area contributed by atoms with Crippen molar-refractivity contribution in [1.29, 1.82) is 0 Å². The molecule has 1 amide bonds. The number of nitrogens with one attached hydrogen (secondary N) is 1. The van der Waals surface area contributed by atoms with Crippen LogP contribution in [0.3, 0.4) is 0 Å². The van der Waals surface area contributed by atoms with Gasteiger partial charge in [-0.2, -0.15) is 0 Å². The number of anilines is 1. The van der Waals surface area contributed by atoms with E-state index in [2.05, 4.69) is 15.2 Å². The van der Waals surface area contributed by atoms with Crippen LogP contribution in [0.2, 0.25) is 5.15 Å². The molecular weight excluding hydrogens is 400 g/mol. The molecule has 0 saturated carbocycles. The number of carbonyl (C=O) groups excluding carboxylic acids is 1. The van der Waals surface area contributed by atoms with E-state index in [1.807, 2.05) is 20.8 Å². The molecule has 0 radical (unpaired) electrons. The smallest absolute Gasteiger partial charge is 0.407 e. The lowest BCUT2D eigenvalue weighted by molar-refractivity contribution is 0.0500. The fourth-order valence-electron chi connectivity index (χ4n) is 3.36. The zero-order valence-corrected chi connectivity index (χ0v) is 17.4. The summed E-state index contributed by atoms with van der Waals surface area (Å²) in [7, 11) is 0. The van der Waals surface area contributed by atoms with Gasteiger partial charge in [-0.15, -0.1) is 0 Å². The Morgan fingerprint density at radius 3 is 2.72 bits per heavy atom. The van der Waals surface area contributed by atoms with Gasteiger partial charge in [0.2, 0.25) is 0 Å². The van der Waals surface area contributed by atoms with E-state index in [0.29, 0.717) is 22.8 Å². The lowest BCUT2D eigenvalue weighted by Gasteiger charge is -2.36. The molecule has 0 spiro atoms. The molecule has 29 heavy (non-hydrogen) atoms. The minimum absolute atomic E-state index is 0.108. The predicted octanol–water partition coefficient (Wildman–Crippen LogP) is 5.17. The van der Waals surface area contributed by atoms with Crippen LogP contribution in [0, 0.1) is 11.6 Å². The first-order valence-corrected chi connectivity index (χ1v) is 9.85. The highest BCUT2D eigenvalue weighted by Crippen LogP contribution is 2.34. The Labute approximate surface area is 174 Å². The first kappa shape index (κ1) is 21.3. The number of pyridine rings is 1. The second-order valence-corrected chi connectivity index (χ2v) is 8.47. The monoisotopic (exact) mass is 423 g/mol. The highest BCUT2D eigenvalue weighted by molar-refractivity contribution is 6.29. The minimum atomic E-state index is -0.925. The number of ether oxygens (including phenoxy) is 1. The molecule has 1 aromatic heterocycles. The summed E-state index contributed by atoms with van der Waals surface area (Å²) in [6.07, 6.45) is 2.75. The van der Waals surface area contributed by atoms with E-state index in [1.54, 1.807) is 12.3 Å². The first-order chi connectivity index (χ1) is 13.6. The molecule has 1 aromatic carbocycles. The third-order valence-electron chi connectivity index (χ3n) is 4.56. The Morgan fingerprint density at radius 1 is 1.28 bits per heavy atom. The maximum absolute atomic E-state index is 13.8. The largest absolute Gasteiger partial charge is 0.444 e. The van der Waals surface area contributed by atoms with Crippen molar-refractivity contribution in [2.24, 2.45) is 0 Å². The number of rotatable bonds is 3. The SMILES string of the molecule is CC(C)(C)OC(=O)N[C@H]1CCCN(c2cc(Cl)ncc2-c2ccc(F)c(F)c2)C1. The van der Waals surface area contributed by atoms with Crippen molar-refractivity contribution in [2.75, 3.05) is 18.0 Å². The average Bonchev–Trinajstić information content (AvgIpc) is 2.62. The molecule has 1 saturated heterocycles. The lowest BCUT2D eigenvalue weighted by Crippen LogP contribution is -2.49. The summed E-state index contributed by atoms with van der Waals surface area (Å²) < 4.78 is 32.5. The van der Waals surface area contributed by atoms with Gasteiger partial charge in [-0.05, 0) is 57.4 Å². The van der Waals surface area contributed by atoms with Crippen LogP contribution in [0.1, 0.15) is 33.6 Å². The molecule has 0 bridgehead atoms. The Balaban J connectivity index is 1.83. The number of piperidine rings is 1. The van der Waals surface area contributed by atoms with Gasteiger partial charge in [0.1, 0.15) is 10.8 Å². The summed E-state index contributed by atoms with van der Waals surface area (Å²) in [5, 5.41) is 3.20. The summed E-state index contributed by atoms with van der Waals surface area (Å²) in [6, 6.07) is 5.33. The fourth-order valence-corrected chi connectivity index (χ4v) is 3.51. The maximum Gasteiger partial charge on any atom is 0.407 e. The van der Waals surface area contributed by atoms with Gasteiger partial charge >= 0.3 is 6.09 Å². The number of carbonyl (C=O) groups is 1. The highest BCUT2D eigenvalue weighted by atomic mass is 35.5. The van der Waals surface area contributed by atoms with E-state index in [-0.39, 0.29) is 6.04 Å². The van der Waals surface area contributed by atoms with E-state index in [4.69, 9.17) is 16.3 Å². The maximum atomic E-state index is 13.8. The van der Waals surface area contributed by atoms with E-state index in [1.165, 1.54) is 6.07 Å². The van der Waals surface area contributed by atoms with Crippen LogP contribution in [-0.2, 0) is 4.74 Å². The summed E-state index contributed by atoms with van der Waals surface area (Å²) in [4.78, 5) is 18.3. The number of hydrogen-bond acceptors (Lipinski definition) is 4. The van der Waals surface area contributed by atoms with Crippen LogP contribution in [0.5, 0.6) is 0 Å². The zero-order chi connectivity index (χ0) is 21.2. The van der Waals surface area contributed by atoms with Crippen molar-refractivity contribution in [3.05, 3.63) is 47.2 Å². The number of alkyl carbamates (subject to hydrolysis) is 1. The summed E-state index contributed by atoms with van der Waals surface area (Å²) >= 11 is 6.11. The molecule has 156 valence electrons. The van der Waals surface area contributed by atoms with Crippen molar-refractivity contribution >= 4 is 23.4 Å². The second kappa shape index (κ2) is 8.53. The minimum Gasteiger partial charge on any atom is -0.444 e. The molecule has 1 aliphatic rings. The number of halogens is 3. The molecule has 1 aliphatic heterocycles. The van der Waals surface area contributed by atoms with Crippen molar-refractivity contribution in [3.8, 4) is 11.1 Å². The van der Waals surface area contributed by atoms with Gasteiger partial charge < -0.3 is 15.0 Å². The van der Waals surface area contributed by atoms with Gasteiger partial charge in [0.25, 0.3) is 0 Å². The van der Waals surface area contributed by atoms with Gasteiger partial charge in [0.15, 0.2) is 11.6 Å². The number of nitrogens with zero attached hydrogens (tertiary/aromatic N) is 2. The standard InChI is InChI=1S/C21H24ClF2N3O2/c1-21(2,3)29-20(28)26-14-5-4-8-27(12-14)18-10-19(22)25-11-15(18)13-6-7-16(23)17(24)9-13/h6-7,9-11,14H,4-5,8,12H2,1-3H3,(H,26,28)/t14-/m0/s1. The van der Waals surface area contributed by atoms with E-state index in [9.17, 15) is 13.6 Å². The molecule has 0 aliphatic carbocycles. The van der Waals surface area contributed by atoms with Crippen LogP contribution in [-0.4, -0.2) is 35.8 Å². The van der Waals surface area contributed by atoms with Crippen LogP contribution in [0.25, 0.3) is 11.1 Å². The van der Waals surface area contributed by atoms with Crippen molar-refractivity contribution in [1.82, 2.24) is 10.3 Å². The molecule has 2 heterocycles. The van der Waals surface area contributed by atoms with Gasteiger partial charge in [0, 0.05) is 36.6 Å². The number of aromatic nitrogens is 1. The molecule has 0 unspecified atom stereocenters. The Bertz CT molecular complexity index is 902. The van der Waals surface area contributed by atoms with Gasteiger partial charge in [0.05, 0.1) is 0 Å². The van der Waals surface area contributed by atoms with Crippen LogP contribution < -0.4 is 10.2 Å². The van der Waals surface area contributed by atoms with Crippen molar-refractivity contribution in [3.63, 3.8) is 0 Å². The highest BCUT2D eigenvalue weighted by Gasteiger charge is 2.26. The molecule has 1 atom stereocenters. The third-order valence-corrected chi connectivity index (χ3v) is 4.77. The number of amides is 1. The second-order valence-electron chi connectivity index (χ2n) is 8.08. The molecule has 1 fully saturated rings. The van der Waals surface area contributed by atoms with Crippen LogP contribution >= 0.6 is 11.6 Å². The fraction of sp³-hybridized carbons (Fsp3) is 0.429. The van der Waals surface area contributed by atoms with E-state index in [0.717, 1.165) is 37.2 Å². The van der Waals surface area contributed by atoms with Crippen LogP contribution in [0.15, 0.2) is 30.5 Å². The predicted molar refractivity (Wildman–Crippen MR) is 109 cm³/mol. The van der Waals surface area contributed by atoms with Crippen molar-refractivity contribution < 1.29 is 18.3 Å². The summed E-state index contributed by atoms with van der Waals surface area (Å²) in [5.74, 6) is -1.83. The van der Waals surface area contributed by atoms with Crippen LogP contribution in [0.4, 0.5) is 19.3 Å². The molecular formula is C21H24ClF2N3O2. The lowest BCUT2D eigenvalue weighted by atomic mass is 10.0. The normalized spacial score (nSPS) is 17.2. The van der Waals surface area contributed by atoms with Crippen molar-refractivity contribution in [2.45, 2.75) is 45.3 Å². The number of hydrogen-bond donors (Lipinski definition) is 1. The van der Waals surface area contributed by atoms with Gasteiger partial charge in [-0.3, -0.25) is 0 Å². The Kier molecular flexibility index (Phi) is 6.27. The topological polar surface area (TPSA) is 54.5 Å².